The summed E-state index contributed by atoms with van der Waals surface area (Å²) >= 11 is 0. The van der Waals surface area contributed by atoms with Gasteiger partial charge in [0, 0.05) is 12.1 Å². The molecule has 0 bridgehead atoms. The Hall–Kier alpha value is -2.88. The van der Waals surface area contributed by atoms with E-state index in [0.29, 0.717) is 5.56 Å². The molecule has 3 aromatic carbocycles. The number of fused-ring (bicyclic) bond motifs is 2. The monoisotopic (exact) mass is 375 g/mol. The number of hydrogen-bond donors (Lipinski definition) is 0. The number of hydrogen-bond acceptors (Lipinski definition) is 3. The summed E-state index contributed by atoms with van der Waals surface area (Å²) in [5.41, 5.74) is 0.529. The molecule has 0 saturated carbocycles. The van der Waals surface area contributed by atoms with E-state index >= 15 is 0 Å². The van der Waals surface area contributed by atoms with E-state index in [-0.39, 0.29) is 24.6 Å². The second kappa shape index (κ2) is 7.63. The van der Waals surface area contributed by atoms with Gasteiger partial charge in [-0.25, -0.2) is 4.79 Å². The number of carbonyl (C=O) groups is 2. The summed E-state index contributed by atoms with van der Waals surface area (Å²) in [5, 5.41) is 3.66. The van der Waals surface area contributed by atoms with Crippen LogP contribution in [0.25, 0.3) is 21.5 Å². The molecule has 4 nitrogen and oxygen atoms in total. The van der Waals surface area contributed by atoms with Crippen molar-refractivity contribution in [2.24, 2.45) is 0 Å². The highest BCUT2D eigenvalue weighted by molar-refractivity contribution is 6.16. The van der Waals surface area contributed by atoms with Crippen molar-refractivity contribution in [1.82, 2.24) is 4.90 Å². The second-order valence-corrected chi connectivity index (χ2v) is 7.70. The number of benzene rings is 3. The predicted octanol–water partition coefficient (Wildman–Crippen LogP) is 4.94. The fourth-order valence-corrected chi connectivity index (χ4v) is 4.42. The maximum atomic E-state index is 13.0. The van der Waals surface area contributed by atoms with Crippen molar-refractivity contribution < 1.29 is 14.3 Å². The lowest BCUT2D eigenvalue weighted by Crippen LogP contribution is -2.49. The van der Waals surface area contributed by atoms with Gasteiger partial charge in [-0.05, 0) is 60.7 Å². The second-order valence-electron chi connectivity index (χ2n) is 7.70. The quantitative estimate of drug-likeness (QED) is 0.481. The molecular weight excluding hydrogens is 350 g/mol. The molecule has 1 amide bonds. The van der Waals surface area contributed by atoms with Crippen molar-refractivity contribution in [3.8, 4) is 0 Å². The summed E-state index contributed by atoms with van der Waals surface area (Å²) in [6, 6.07) is 18.0. The molecule has 1 fully saturated rings. The standard InChI is InChI=1S/C24H25NO3/c1-16-8-7-9-17(2)25(16)22(26)15-28-24(27)23-20-12-5-3-10-18(20)14-19-11-4-6-13-21(19)23/h3-6,10-14,16-17H,7-9,15H2,1-2H3/t16-,17+. The van der Waals surface area contributed by atoms with Crippen LogP contribution >= 0.6 is 0 Å². The average Bonchev–Trinajstić information content (AvgIpc) is 2.70. The van der Waals surface area contributed by atoms with Gasteiger partial charge < -0.3 is 9.64 Å². The van der Waals surface area contributed by atoms with E-state index in [1.807, 2.05) is 53.4 Å². The Bertz CT molecular complexity index is 978. The molecule has 0 spiro atoms. The number of amides is 1. The van der Waals surface area contributed by atoms with Gasteiger partial charge in [0.05, 0.1) is 5.56 Å². The number of nitrogens with zero attached hydrogens (tertiary/aromatic N) is 1. The zero-order valence-electron chi connectivity index (χ0n) is 16.4. The normalized spacial score (nSPS) is 19.7. The highest BCUT2D eigenvalue weighted by Gasteiger charge is 2.29. The van der Waals surface area contributed by atoms with Crippen molar-refractivity contribution in [3.63, 3.8) is 0 Å². The Kier molecular flexibility index (Phi) is 5.03. The Labute approximate surface area is 165 Å². The average molecular weight is 375 g/mol. The lowest BCUT2D eigenvalue weighted by molar-refractivity contribution is -0.140. The molecule has 4 heteroatoms. The third-order valence-corrected chi connectivity index (χ3v) is 5.78. The van der Waals surface area contributed by atoms with Crippen LogP contribution in [0.3, 0.4) is 0 Å². The van der Waals surface area contributed by atoms with Crippen LogP contribution in [-0.2, 0) is 9.53 Å². The Balaban J connectivity index is 1.62. The minimum atomic E-state index is -0.446. The van der Waals surface area contributed by atoms with Gasteiger partial charge in [0.25, 0.3) is 5.91 Å². The van der Waals surface area contributed by atoms with Crippen LogP contribution in [0.4, 0.5) is 0 Å². The van der Waals surface area contributed by atoms with Crippen LogP contribution in [0.2, 0.25) is 0 Å². The number of rotatable bonds is 3. The molecule has 28 heavy (non-hydrogen) atoms. The zero-order valence-corrected chi connectivity index (χ0v) is 16.4. The van der Waals surface area contributed by atoms with Crippen molar-refractivity contribution in [1.29, 1.82) is 0 Å². The van der Waals surface area contributed by atoms with Crippen LogP contribution in [0.15, 0.2) is 54.6 Å². The van der Waals surface area contributed by atoms with Crippen LogP contribution in [-0.4, -0.2) is 35.5 Å². The Morgan fingerprint density at radius 2 is 1.46 bits per heavy atom. The first kappa shape index (κ1) is 18.5. The van der Waals surface area contributed by atoms with E-state index in [4.69, 9.17) is 4.74 Å². The summed E-state index contributed by atoms with van der Waals surface area (Å²) in [5.74, 6) is -0.559. The van der Waals surface area contributed by atoms with Gasteiger partial charge in [0.1, 0.15) is 0 Å². The molecule has 144 valence electrons. The topological polar surface area (TPSA) is 46.6 Å². The van der Waals surface area contributed by atoms with E-state index in [9.17, 15) is 9.59 Å². The summed E-state index contributed by atoms with van der Waals surface area (Å²) in [6.45, 7) is 3.91. The SMILES string of the molecule is C[C@@H]1CCC[C@H](C)N1C(=O)COC(=O)c1c2ccccc2cc2ccccc12. The third kappa shape index (κ3) is 3.35. The van der Waals surface area contributed by atoms with Gasteiger partial charge in [-0.2, -0.15) is 0 Å². The van der Waals surface area contributed by atoms with Crippen molar-refractivity contribution in [2.45, 2.75) is 45.2 Å². The molecule has 0 aromatic heterocycles. The summed E-state index contributed by atoms with van der Waals surface area (Å²) in [6.07, 6.45) is 3.13. The molecule has 1 aliphatic heterocycles. The maximum absolute atomic E-state index is 13.0. The van der Waals surface area contributed by atoms with E-state index in [1.54, 1.807) is 0 Å². The molecule has 1 saturated heterocycles. The summed E-state index contributed by atoms with van der Waals surface area (Å²) in [7, 11) is 0. The van der Waals surface area contributed by atoms with Gasteiger partial charge in [0.15, 0.2) is 6.61 Å². The summed E-state index contributed by atoms with van der Waals surface area (Å²) < 4.78 is 5.53. The van der Waals surface area contributed by atoms with Gasteiger partial charge in [-0.1, -0.05) is 48.5 Å². The molecule has 0 unspecified atom stereocenters. The molecular formula is C24H25NO3. The summed E-state index contributed by atoms with van der Waals surface area (Å²) in [4.78, 5) is 27.6. The maximum Gasteiger partial charge on any atom is 0.339 e. The number of ether oxygens (including phenoxy) is 1. The smallest absolute Gasteiger partial charge is 0.339 e. The van der Waals surface area contributed by atoms with Crippen LogP contribution < -0.4 is 0 Å². The number of piperidine rings is 1. The molecule has 3 aromatic rings. The highest BCUT2D eigenvalue weighted by atomic mass is 16.5. The number of carbonyl (C=O) groups excluding carboxylic acids is 2. The Morgan fingerprint density at radius 1 is 0.929 bits per heavy atom. The minimum absolute atomic E-state index is 0.113. The van der Waals surface area contributed by atoms with Gasteiger partial charge >= 0.3 is 5.97 Å². The molecule has 0 N–H and O–H groups in total. The predicted molar refractivity (Wildman–Crippen MR) is 111 cm³/mol. The fraction of sp³-hybridized carbons (Fsp3) is 0.333. The molecule has 0 radical (unpaired) electrons. The largest absolute Gasteiger partial charge is 0.452 e. The Morgan fingerprint density at radius 3 is 2.04 bits per heavy atom. The van der Waals surface area contributed by atoms with Crippen molar-refractivity contribution >= 4 is 33.4 Å². The molecule has 2 atom stereocenters. The lowest BCUT2D eigenvalue weighted by atomic mass is 9.97. The van der Waals surface area contributed by atoms with Crippen molar-refractivity contribution in [3.05, 3.63) is 60.2 Å². The third-order valence-electron chi connectivity index (χ3n) is 5.78. The van der Waals surface area contributed by atoms with Crippen molar-refractivity contribution in [2.75, 3.05) is 6.61 Å². The highest BCUT2D eigenvalue weighted by Crippen LogP contribution is 2.29. The lowest BCUT2D eigenvalue weighted by Gasteiger charge is -2.38. The first-order chi connectivity index (χ1) is 13.6. The number of likely N-dealkylation sites (tertiary alicyclic amines) is 1. The van der Waals surface area contributed by atoms with E-state index in [2.05, 4.69) is 19.9 Å². The van der Waals surface area contributed by atoms with Crippen LogP contribution in [0.5, 0.6) is 0 Å². The van der Waals surface area contributed by atoms with E-state index in [1.165, 1.54) is 0 Å². The first-order valence-electron chi connectivity index (χ1n) is 9.95. The van der Waals surface area contributed by atoms with Gasteiger partial charge in [-0.15, -0.1) is 0 Å². The van der Waals surface area contributed by atoms with Gasteiger partial charge in [-0.3, -0.25) is 4.79 Å². The fourth-order valence-electron chi connectivity index (χ4n) is 4.42. The molecule has 0 aliphatic carbocycles. The van der Waals surface area contributed by atoms with Gasteiger partial charge in [0.2, 0.25) is 0 Å². The first-order valence-corrected chi connectivity index (χ1v) is 9.95. The molecule has 1 aliphatic rings. The van der Waals surface area contributed by atoms with E-state index < -0.39 is 5.97 Å². The molecule has 4 rings (SSSR count). The number of esters is 1. The molecule has 1 heterocycles. The van der Waals surface area contributed by atoms with E-state index in [0.717, 1.165) is 40.8 Å². The van der Waals surface area contributed by atoms with Crippen LogP contribution in [0, 0.1) is 0 Å². The minimum Gasteiger partial charge on any atom is -0.452 e. The zero-order chi connectivity index (χ0) is 19.7. The van der Waals surface area contributed by atoms with Crippen LogP contribution in [0.1, 0.15) is 43.5 Å².